The van der Waals surface area contributed by atoms with Gasteiger partial charge in [0.15, 0.2) is 5.16 Å². The third-order valence-corrected chi connectivity index (χ3v) is 6.45. The van der Waals surface area contributed by atoms with E-state index in [0.717, 1.165) is 36.4 Å². The maximum absolute atomic E-state index is 13.2. The van der Waals surface area contributed by atoms with Crippen molar-refractivity contribution in [2.45, 2.75) is 49.7 Å². The SMILES string of the molecule is O=C1CNC(=O)N1CCCSc1nc2ccccc2c(=O)n1C1CCCCC1. The molecule has 0 spiro atoms. The Morgan fingerprint density at radius 2 is 1.89 bits per heavy atom. The van der Waals surface area contributed by atoms with Crippen LogP contribution in [0.15, 0.2) is 34.2 Å². The molecule has 3 amide bonds. The maximum atomic E-state index is 13.2. The summed E-state index contributed by atoms with van der Waals surface area (Å²) in [6.07, 6.45) is 6.18. The van der Waals surface area contributed by atoms with Crippen LogP contribution in [-0.4, -0.2) is 45.2 Å². The van der Waals surface area contributed by atoms with Crippen LogP contribution in [0.5, 0.6) is 0 Å². The van der Waals surface area contributed by atoms with Crippen molar-refractivity contribution < 1.29 is 9.59 Å². The Morgan fingerprint density at radius 3 is 2.64 bits per heavy atom. The lowest BCUT2D eigenvalue weighted by molar-refractivity contribution is -0.124. The molecular weight excluding hydrogens is 376 g/mol. The second kappa shape index (κ2) is 8.34. The Balaban J connectivity index is 1.54. The van der Waals surface area contributed by atoms with E-state index in [4.69, 9.17) is 4.98 Å². The molecule has 1 aromatic carbocycles. The highest BCUT2D eigenvalue weighted by atomic mass is 32.2. The number of benzene rings is 1. The van der Waals surface area contributed by atoms with E-state index in [-0.39, 0.29) is 30.1 Å². The number of urea groups is 1. The quantitative estimate of drug-likeness (QED) is 0.349. The van der Waals surface area contributed by atoms with Crippen molar-refractivity contribution in [3.8, 4) is 0 Å². The van der Waals surface area contributed by atoms with Crippen LogP contribution in [0.1, 0.15) is 44.6 Å². The second-order valence-electron chi connectivity index (χ2n) is 7.28. The van der Waals surface area contributed by atoms with Gasteiger partial charge in [0.1, 0.15) is 0 Å². The fourth-order valence-electron chi connectivity index (χ4n) is 3.96. The highest BCUT2D eigenvalue weighted by Crippen LogP contribution is 2.31. The number of carbonyl (C=O) groups is 2. The average molecular weight is 401 g/mol. The maximum Gasteiger partial charge on any atom is 0.324 e. The first kappa shape index (κ1) is 19.0. The van der Waals surface area contributed by atoms with Crippen molar-refractivity contribution in [1.29, 1.82) is 0 Å². The molecule has 2 aromatic rings. The van der Waals surface area contributed by atoms with Crippen molar-refractivity contribution in [2.24, 2.45) is 0 Å². The zero-order valence-corrected chi connectivity index (χ0v) is 16.5. The van der Waals surface area contributed by atoms with E-state index in [1.807, 2.05) is 28.8 Å². The monoisotopic (exact) mass is 400 g/mol. The minimum Gasteiger partial charge on any atom is -0.329 e. The summed E-state index contributed by atoms with van der Waals surface area (Å²) in [6, 6.07) is 7.37. The minimum atomic E-state index is -0.321. The van der Waals surface area contributed by atoms with Crippen LogP contribution < -0.4 is 10.9 Å². The number of nitrogens with one attached hydrogen (secondary N) is 1. The molecule has 1 N–H and O–H groups in total. The lowest BCUT2D eigenvalue weighted by atomic mass is 9.95. The first-order valence-electron chi connectivity index (χ1n) is 9.87. The highest BCUT2D eigenvalue weighted by molar-refractivity contribution is 7.99. The number of para-hydroxylation sites is 1. The van der Waals surface area contributed by atoms with E-state index in [1.54, 1.807) is 0 Å². The van der Waals surface area contributed by atoms with Crippen molar-refractivity contribution in [3.63, 3.8) is 0 Å². The Morgan fingerprint density at radius 1 is 1.11 bits per heavy atom. The molecule has 1 aromatic heterocycles. The fourth-order valence-corrected chi connectivity index (χ4v) is 4.95. The van der Waals surface area contributed by atoms with Crippen LogP contribution in [-0.2, 0) is 4.79 Å². The van der Waals surface area contributed by atoms with Gasteiger partial charge in [-0.1, -0.05) is 43.2 Å². The first-order chi connectivity index (χ1) is 13.6. The predicted molar refractivity (Wildman–Crippen MR) is 109 cm³/mol. The molecule has 7 nitrogen and oxygen atoms in total. The van der Waals surface area contributed by atoms with Gasteiger partial charge in [-0.05, 0) is 31.4 Å². The van der Waals surface area contributed by atoms with Gasteiger partial charge in [-0.15, -0.1) is 0 Å². The predicted octanol–water partition coefficient (Wildman–Crippen LogP) is 2.94. The van der Waals surface area contributed by atoms with Gasteiger partial charge in [-0.3, -0.25) is 19.1 Å². The lowest BCUT2D eigenvalue weighted by Crippen LogP contribution is -2.32. The molecule has 0 atom stereocenters. The lowest BCUT2D eigenvalue weighted by Gasteiger charge is -2.26. The summed E-state index contributed by atoms with van der Waals surface area (Å²) in [5.41, 5.74) is 0.755. The second-order valence-corrected chi connectivity index (χ2v) is 8.35. The van der Waals surface area contributed by atoms with Gasteiger partial charge in [0, 0.05) is 18.3 Å². The number of imide groups is 1. The summed E-state index contributed by atoms with van der Waals surface area (Å²) in [4.78, 5) is 42.5. The normalized spacial score (nSPS) is 18.1. The molecular formula is C20H24N4O3S. The van der Waals surface area contributed by atoms with Gasteiger partial charge in [-0.25, -0.2) is 9.78 Å². The topological polar surface area (TPSA) is 84.3 Å². The van der Waals surface area contributed by atoms with Crippen molar-refractivity contribution in [2.75, 3.05) is 18.8 Å². The van der Waals surface area contributed by atoms with Crippen molar-refractivity contribution >= 4 is 34.6 Å². The number of amides is 3. The van der Waals surface area contributed by atoms with Gasteiger partial charge < -0.3 is 5.32 Å². The van der Waals surface area contributed by atoms with Crippen LogP contribution in [0.2, 0.25) is 0 Å². The first-order valence-corrected chi connectivity index (χ1v) is 10.9. The number of fused-ring (bicyclic) bond motifs is 1. The summed E-state index contributed by atoms with van der Waals surface area (Å²) < 4.78 is 1.89. The Hall–Kier alpha value is -2.35. The van der Waals surface area contributed by atoms with Crippen LogP contribution in [0.3, 0.4) is 0 Å². The number of nitrogens with zero attached hydrogens (tertiary/aromatic N) is 3. The number of rotatable bonds is 6. The number of aromatic nitrogens is 2. The molecule has 4 rings (SSSR count). The molecule has 0 bridgehead atoms. The van der Waals surface area contributed by atoms with E-state index in [2.05, 4.69) is 5.32 Å². The van der Waals surface area contributed by atoms with Gasteiger partial charge >= 0.3 is 6.03 Å². The molecule has 0 radical (unpaired) electrons. The van der Waals surface area contributed by atoms with E-state index in [9.17, 15) is 14.4 Å². The molecule has 2 aliphatic rings. The number of hydrogen-bond donors (Lipinski definition) is 1. The molecule has 2 fully saturated rings. The fraction of sp³-hybridized carbons (Fsp3) is 0.500. The van der Waals surface area contributed by atoms with Crippen LogP contribution in [0.25, 0.3) is 10.9 Å². The third-order valence-electron chi connectivity index (χ3n) is 5.41. The molecule has 28 heavy (non-hydrogen) atoms. The van der Waals surface area contributed by atoms with Gasteiger partial charge in [0.05, 0.1) is 17.4 Å². The van der Waals surface area contributed by atoms with E-state index in [0.29, 0.717) is 24.1 Å². The zero-order chi connectivity index (χ0) is 19.5. The van der Waals surface area contributed by atoms with Crippen LogP contribution in [0, 0.1) is 0 Å². The highest BCUT2D eigenvalue weighted by Gasteiger charge is 2.27. The standard InChI is InChI=1S/C20H24N4O3S/c25-17-13-21-19(27)23(17)11-6-12-28-20-22-16-10-5-4-9-15(16)18(26)24(20)14-7-2-1-3-8-14/h4-5,9-10,14H,1-3,6-8,11-13H2,(H,21,27). The summed E-state index contributed by atoms with van der Waals surface area (Å²) in [5.74, 6) is 0.507. The van der Waals surface area contributed by atoms with Gasteiger partial charge in [0.25, 0.3) is 5.56 Å². The zero-order valence-electron chi connectivity index (χ0n) is 15.7. The largest absolute Gasteiger partial charge is 0.329 e. The molecule has 0 unspecified atom stereocenters. The molecule has 1 aliphatic carbocycles. The summed E-state index contributed by atoms with van der Waals surface area (Å²) in [6.45, 7) is 0.471. The van der Waals surface area contributed by atoms with E-state index >= 15 is 0 Å². The van der Waals surface area contributed by atoms with Gasteiger partial charge in [-0.2, -0.15) is 0 Å². The Labute approximate surface area is 167 Å². The van der Waals surface area contributed by atoms with E-state index in [1.165, 1.54) is 23.1 Å². The number of carbonyl (C=O) groups excluding carboxylic acids is 2. The molecule has 8 heteroatoms. The van der Waals surface area contributed by atoms with E-state index < -0.39 is 0 Å². The van der Waals surface area contributed by atoms with Crippen LogP contribution in [0.4, 0.5) is 4.79 Å². The smallest absolute Gasteiger partial charge is 0.324 e. The van der Waals surface area contributed by atoms with Crippen LogP contribution >= 0.6 is 11.8 Å². The van der Waals surface area contributed by atoms with Crippen molar-refractivity contribution in [1.82, 2.24) is 19.8 Å². The summed E-state index contributed by atoms with van der Waals surface area (Å²) in [5, 5.41) is 3.94. The molecule has 1 saturated carbocycles. The molecule has 2 heterocycles. The Bertz CT molecular complexity index is 936. The molecule has 1 saturated heterocycles. The summed E-state index contributed by atoms with van der Waals surface area (Å²) >= 11 is 1.54. The number of thioether (sulfide) groups is 1. The average Bonchev–Trinajstić information content (AvgIpc) is 3.04. The van der Waals surface area contributed by atoms with Crippen molar-refractivity contribution in [3.05, 3.63) is 34.6 Å². The molecule has 1 aliphatic heterocycles. The summed E-state index contributed by atoms with van der Waals surface area (Å²) in [7, 11) is 0. The molecule has 148 valence electrons. The van der Waals surface area contributed by atoms with Gasteiger partial charge in [0.2, 0.25) is 5.91 Å². The minimum absolute atomic E-state index is 0.0362. The Kier molecular flexibility index (Phi) is 5.66. The third kappa shape index (κ3) is 3.78. The number of hydrogen-bond acceptors (Lipinski definition) is 5.